The van der Waals surface area contributed by atoms with Crippen LogP contribution in [0.4, 0.5) is 0 Å². The molecule has 0 aliphatic carbocycles. The summed E-state index contributed by atoms with van der Waals surface area (Å²) in [5.41, 5.74) is -0.685. The number of piperidine rings is 1. The van der Waals surface area contributed by atoms with Crippen LogP contribution in [-0.2, 0) is 9.53 Å². The van der Waals surface area contributed by atoms with E-state index in [-0.39, 0.29) is 5.97 Å². The standard InChI is InChI=1S/C16H25NO2/c1-4-5-10-16(3,19-15(2)18)11-9-14-17-12-7-6-8-13-17/h4H,1,5-8,10,12-14H2,2-3H3/t16-/m1/s1. The molecule has 1 saturated heterocycles. The van der Waals surface area contributed by atoms with Gasteiger partial charge in [0.2, 0.25) is 0 Å². The fourth-order valence-electron chi connectivity index (χ4n) is 2.29. The maximum absolute atomic E-state index is 11.2. The highest BCUT2D eigenvalue weighted by Crippen LogP contribution is 2.17. The third-order valence-electron chi connectivity index (χ3n) is 3.30. The summed E-state index contributed by atoms with van der Waals surface area (Å²) >= 11 is 0. The second kappa shape index (κ2) is 8.01. The molecule has 1 aliphatic heterocycles. The lowest BCUT2D eigenvalue weighted by Crippen LogP contribution is -2.31. The third-order valence-corrected chi connectivity index (χ3v) is 3.30. The first-order valence-electron chi connectivity index (χ1n) is 7.08. The van der Waals surface area contributed by atoms with Gasteiger partial charge in [-0.3, -0.25) is 9.69 Å². The molecule has 106 valence electrons. The Labute approximate surface area is 117 Å². The van der Waals surface area contributed by atoms with Gasteiger partial charge in [-0.1, -0.05) is 24.3 Å². The molecule has 0 unspecified atom stereocenters. The van der Waals surface area contributed by atoms with Crippen molar-refractivity contribution in [2.75, 3.05) is 19.6 Å². The van der Waals surface area contributed by atoms with Gasteiger partial charge < -0.3 is 4.74 Å². The van der Waals surface area contributed by atoms with E-state index in [0.29, 0.717) is 6.42 Å². The SMILES string of the molecule is C=CCC[C@](C)(C#CCN1CCCCC1)OC(C)=O. The molecule has 0 aromatic heterocycles. The molecule has 0 N–H and O–H groups in total. The van der Waals surface area contributed by atoms with Gasteiger partial charge in [-0.15, -0.1) is 6.58 Å². The molecule has 0 bridgehead atoms. The first-order valence-corrected chi connectivity index (χ1v) is 7.08. The molecule has 0 aromatic rings. The van der Waals surface area contributed by atoms with Crippen molar-refractivity contribution in [2.45, 2.75) is 51.6 Å². The van der Waals surface area contributed by atoms with Gasteiger partial charge in [0.25, 0.3) is 0 Å². The summed E-state index contributed by atoms with van der Waals surface area (Å²) in [5.74, 6) is 6.02. The Kier molecular flexibility index (Phi) is 6.66. The van der Waals surface area contributed by atoms with Crippen molar-refractivity contribution >= 4 is 5.97 Å². The first-order chi connectivity index (χ1) is 9.06. The number of likely N-dealkylation sites (tertiary alicyclic amines) is 1. The number of allylic oxidation sites excluding steroid dienone is 1. The number of nitrogens with zero attached hydrogens (tertiary/aromatic N) is 1. The second-order valence-corrected chi connectivity index (χ2v) is 5.29. The molecular weight excluding hydrogens is 238 g/mol. The molecule has 1 fully saturated rings. The van der Waals surface area contributed by atoms with Crippen molar-refractivity contribution in [2.24, 2.45) is 0 Å². The summed E-state index contributed by atoms with van der Waals surface area (Å²) < 4.78 is 5.35. The fraction of sp³-hybridized carbons (Fsp3) is 0.688. The second-order valence-electron chi connectivity index (χ2n) is 5.29. The molecular formula is C16H25NO2. The first kappa shape index (κ1) is 15.8. The van der Waals surface area contributed by atoms with Crippen LogP contribution in [0.3, 0.4) is 0 Å². The molecule has 0 saturated carbocycles. The third kappa shape index (κ3) is 6.45. The highest BCUT2D eigenvalue weighted by Gasteiger charge is 2.24. The maximum Gasteiger partial charge on any atom is 0.304 e. The average molecular weight is 263 g/mol. The minimum Gasteiger partial charge on any atom is -0.446 e. The zero-order chi connectivity index (χ0) is 14.1. The molecule has 0 amide bonds. The number of hydrogen-bond donors (Lipinski definition) is 0. The minimum absolute atomic E-state index is 0.279. The Balaban J connectivity index is 2.54. The van der Waals surface area contributed by atoms with Gasteiger partial charge in [0.15, 0.2) is 5.60 Å². The molecule has 1 atom stereocenters. The molecule has 0 radical (unpaired) electrons. The Bertz CT molecular complexity index is 361. The van der Waals surface area contributed by atoms with Crippen molar-refractivity contribution < 1.29 is 9.53 Å². The van der Waals surface area contributed by atoms with Crippen LogP contribution in [0.25, 0.3) is 0 Å². The van der Waals surface area contributed by atoms with Gasteiger partial charge in [0.1, 0.15) is 0 Å². The van der Waals surface area contributed by atoms with Crippen LogP contribution in [0.5, 0.6) is 0 Å². The van der Waals surface area contributed by atoms with E-state index in [1.807, 2.05) is 13.0 Å². The van der Waals surface area contributed by atoms with E-state index >= 15 is 0 Å². The summed E-state index contributed by atoms with van der Waals surface area (Å²) in [7, 11) is 0. The van der Waals surface area contributed by atoms with E-state index in [1.54, 1.807) is 0 Å². The van der Waals surface area contributed by atoms with Gasteiger partial charge in [-0.05, 0) is 39.3 Å². The lowest BCUT2D eigenvalue weighted by Gasteiger charge is -2.25. The predicted octanol–water partition coefficient (Wildman–Crippen LogP) is 2.76. The van der Waals surface area contributed by atoms with Gasteiger partial charge in [0.05, 0.1) is 6.54 Å². The van der Waals surface area contributed by atoms with Crippen LogP contribution in [-0.4, -0.2) is 36.1 Å². The minimum atomic E-state index is -0.685. The number of ether oxygens (including phenoxy) is 1. The van der Waals surface area contributed by atoms with Gasteiger partial charge in [-0.2, -0.15) is 0 Å². The van der Waals surface area contributed by atoms with Crippen LogP contribution < -0.4 is 0 Å². The summed E-state index contributed by atoms with van der Waals surface area (Å²) in [4.78, 5) is 13.5. The average Bonchev–Trinajstić information content (AvgIpc) is 2.37. The number of rotatable bonds is 5. The highest BCUT2D eigenvalue weighted by atomic mass is 16.6. The van der Waals surface area contributed by atoms with Crippen LogP contribution >= 0.6 is 0 Å². The van der Waals surface area contributed by atoms with Crippen LogP contribution in [0.15, 0.2) is 12.7 Å². The van der Waals surface area contributed by atoms with E-state index < -0.39 is 5.60 Å². The van der Waals surface area contributed by atoms with E-state index in [4.69, 9.17) is 4.74 Å². The van der Waals surface area contributed by atoms with Crippen LogP contribution in [0.1, 0.15) is 46.0 Å². The summed E-state index contributed by atoms with van der Waals surface area (Å²) in [6, 6.07) is 0. The topological polar surface area (TPSA) is 29.5 Å². The zero-order valence-electron chi connectivity index (χ0n) is 12.2. The number of carbonyl (C=O) groups is 1. The molecule has 0 spiro atoms. The lowest BCUT2D eigenvalue weighted by molar-refractivity contribution is -0.150. The summed E-state index contributed by atoms with van der Waals surface area (Å²) in [6.45, 7) is 10.0. The Morgan fingerprint density at radius 3 is 2.68 bits per heavy atom. The molecule has 1 aliphatic rings. The monoisotopic (exact) mass is 263 g/mol. The van der Waals surface area contributed by atoms with Gasteiger partial charge in [0, 0.05) is 13.3 Å². The Morgan fingerprint density at radius 2 is 2.11 bits per heavy atom. The highest BCUT2D eigenvalue weighted by molar-refractivity contribution is 5.67. The molecule has 0 aromatic carbocycles. The zero-order valence-corrected chi connectivity index (χ0v) is 12.2. The van der Waals surface area contributed by atoms with Gasteiger partial charge in [-0.25, -0.2) is 0 Å². The Hall–Kier alpha value is -1.27. The van der Waals surface area contributed by atoms with Crippen molar-refractivity contribution in [1.29, 1.82) is 0 Å². The van der Waals surface area contributed by atoms with E-state index in [2.05, 4.69) is 23.3 Å². The van der Waals surface area contributed by atoms with Crippen molar-refractivity contribution in [1.82, 2.24) is 4.90 Å². The predicted molar refractivity (Wildman–Crippen MR) is 77.7 cm³/mol. The maximum atomic E-state index is 11.2. The normalized spacial score (nSPS) is 18.8. The summed E-state index contributed by atoms with van der Waals surface area (Å²) in [6.07, 6.45) is 7.17. The van der Waals surface area contributed by atoms with Crippen LogP contribution in [0.2, 0.25) is 0 Å². The van der Waals surface area contributed by atoms with E-state index in [1.165, 1.54) is 26.2 Å². The number of hydrogen-bond acceptors (Lipinski definition) is 3. The quantitative estimate of drug-likeness (QED) is 0.434. The van der Waals surface area contributed by atoms with Crippen molar-refractivity contribution in [3.63, 3.8) is 0 Å². The number of carbonyl (C=O) groups excluding carboxylic acids is 1. The summed E-state index contributed by atoms with van der Waals surface area (Å²) in [5, 5.41) is 0. The number of esters is 1. The molecule has 1 rings (SSSR count). The lowest BCUT2D eigenvalue weighted by atomic mass is 10.0. The smallest absolute Gasteiger partial charge is 0.304 e. The molecule has 1 heterocycles. The fourth-order valence-corrected chi connectivity index (χ4v) is 2.29. The molecule has 19 heavy (non-hydrogen) atoms. The van der Waals surface area contributed by atoms with Crippen molar-refractivity contribution in [3.8, 4) is 11.8 Å². The molecule has 3 nitrogen and oxygen atoms in total. The largest absolute Gasteiger partial charge is 0.446 e. The Morgan fingerprint density at radius 1 is 1.42 bits per heavy atom. The van der Waals surface area contributed by atoms with Gasteiger partial charge >= 0.3 is 5.97 Å². The van der Waals surface area contributed by atoms with Crippen LogP contribution in [0, 0.1) is 11.8 Å². The van der Waals surface area contributed by atoms with Crippen molar-refractivity contribution in [3.05, 3.63) is 12.7 Å². The van der Waals surface area contributed by atoms with E-state index in [9.17, 15) is 4.79 Å². The molecule has 3 heteroatoms. The van der Waals surface area contributed by atoms with E-state index in [0.717, 1.165) is 26.1 Å².